The Morgan fingerprint density at radius 3 is 2.31 bits per heavy atom. The van der Waals surface area contributed by atoms with Gasteiger partial charge in [0.2, 0.25) is 11.7 Å². The lowest BCUT2D eigenvalue weighted by Gasteiger charge is -2.45. The molecule has 0 aliphatic carbocycles. The Morgan fingerprint density at radius 2 is 1.65 bits per heavy atom. The fourth-order valence-electron chi connectivity index (χ4n) is 8.17. The van der Waals surface area contributed by atoms with Gasteiger partial charge >= 0.3 is 0 Å². The number of hydrogen-bond donors (Lipinski definition) is 1. The predicted octanol–water partition coefficient (Wildman–Crippen LogP) is 8.77. The van der Waals surface area contributed by atoms with Crippen LogP contribution in [-0.4, -0.2) is 85.8 Å². The van der Waals surface area contributed by atoms with E-state index in [1.165, 1.54) is 12.1 Å². The Hall–Kier alpha value is -4.51. The number of para-hydroxylation sites is 2. The van der Waals surface area contributed by atoms with Crippen LogP contribution in [-0.2, 0) is 12.0 Å². The Bertz CT molecular complexity index is 2030. The maximum absolute atomic E-state index is 14.2. The van der Waals surface area contributed by atoms with Gasteiger partial charge in [0.05, 0.1) is 42.4 Å². The average molecular weight is 775 g/mol. The number of benzene rings is 4. The Morgan fingerprint density at radius 1 is 0.926 bits per heavy atom. The van der Waals surface area contributed by atoms with E-state index in [9.17, 15) is 9.18 Å². The quantitative estimate of drug-likeness (QED) is 0.136. The number of fused-ring (bicyclic) bond motifs is 1. The maximum atomic E-state index is 14.2. The van der Waals surface area contributed by atoms with Crippen LogP contribution in [0.2, 0.25) is 10.0 Å². The molecule has 2 aliphatic heterocycles. The molecule has 1 unspecified atom stereocenters. The summed E-state index contributed by atoms with van der Waals surface area (Å²) in [7, 11) is 4.64. The van der Waals surface area contributed by atoms with E-state index in [1.807, 2.05) is 53.4 Å². The van der Waals surface area contributed by atoms with Crippen LogP contribution < -0.4 is 19.1 Å². The number of piperidine rings is 2. The van der Waals surface area contributed by atoms with Gasteiger partial charge in [0.1, 0.15) is 5.82 Å². The second-order valence-electron chi connectivity index (χ2n) is 14.3. The number of anilines is 1. The van der Waals surface area contributed by atoms with E-state index in [0.29, 0.717) is 52.5 Å². The summed E-state index contributed by atoms with van der Waals surface area (Å²) in [6.07, 6.45) is 4.50. The molecule has 2 saturated heterocycles. The minimum Gasteiger partial charge on any atom is -0.493 e. The van der Waals surface area contributed by atoms with Gasteiger partial charge in [0, 0.05) is 49.7 Å². The van der Waals surface area contributed by atoms with E-state index < -0.39 is 0 Å². The number of halogens is 3. The lowest BCUT2D eigenvalue weighted by molar-refractivity contribution is 0.0606. The van der Waals surface area contributed by atoms with Crippen LogP contribution in [0.3, 0.4) is 0 Å². The summed E-state index contributed by atoms with van der Waals surface area (Å²) in [5.74, 6) is 1.82. The zero-order chi connectivity index (χ0) is 37.8. The van der Waals surface area contributed by atoms with Crippen molar-refractivity contribution in [3.05, 3.63) is 111 Å². The number of amides is 1. The van der Waals surface area contributed by atoms with Crippen LogP contribution in [0.25, 0.3) is 11.0 Å². The van der Waals surface area contributed by atoms with Gasteiger partial charge in [0.25, 0.3) is 5.91 Å². The first-order valence-corrected chi connectivity index (χ1v) is 19.2. The number of carbonyl (C=O) groups excluding carboxylic acids is 1. The molecule has 12 heteroatoms. The lowest BCUT2D eigenvalue weighted by atomic mass is 9.71. The molecule has 1 atom stereocenters. The normalized spacial score (nSPS) is 18.1. The summed E-state index contributed by atoms with van der Waals surface area (Å²) in [4.78, 5) is 29.5. The molecule has 54 heavy (non-hydrogen) atoms. The number of aromatic amines is 1. The molecule has 1 amide bonds. The average Bonchev–Trinajstić information content (AvgIpc) is 3.64. The van der Waals surface area contributed by atoms with Crippen molar-refractivity contribution in [3.8, 4) is 17.2 Å². The SMILES string of the molecule is COc1cc(C(=O)N2CCCC(CCN3CCC(N(Cc4ccc(F)cc4)c4nc5ccccc5[nH]4)CC3)(c3ccc(Cl)c(Cl)c3)C2)cc(OC)c1OC. The van der Waals surface area contributed by atoms with Crippen molar-refractivity contribution in [1.82, 2.24) is 19.8 Å². The topological polar surface area (TPSA) is 83.2 Å². The number of aromatic nitrogens is 2. The van der Waals surface area contributed by atoms with Crippen molar-refractivity contribution in [2.45, 2.75) is 50.1 Å². The second kappa shape index (κ2) is 16.5. The van der Waals surface area contributed by atoms with Gasteiger partial charge in [-0.05, 0) is 98.3 Å². The van der Waals surface area contributed by atoms with Crippen molar-refractivity contribution < 1.29 is 23.4 Å². The fraction of sp³-hybridized carbons (Fsp3) is 0.381. The molecule has 1 aromatic heterocycles. The van der Waals surface area contributed by atoms with E-state index in [4.69, 9.17) is 42.4 Å². The summed E-state index contributed by atoms with van der Waals surface area (Å²) in [6.45, 7) is 4.49. The Kier molecular flexibility index (Phi) is 11.5. The second-order valence-corrected chi connectivity index (χ2v) is 15.1. The van der Waals surface area contributed by atoms with Gasteiger partial charge in [-0.1, -0.05) is 53.5 Å². The highest BCUT2D eigenvalue weighted by Crippen LogP contribution is 2.42. The number of nitrogens with one attached hydrogen (secondary N) is 1. The summed E-state index contributed by atoms with van der Waals surface area (Å²) in [5.41, 5.74) is 4.18. The number of ether oxygens (including phenoxy) is 3. The van der Waals surface area contributed by atoms with Crippen molar-refractivity contribution in [3.63, 3.8) is 0 Å². The van der Waals surface area contributed by atoms with Crippen molar-refractivity contribution >= 4 is 46.1 Å². The minimum atomic E-state index is -0.331. The first-order valence-electron chi connectivity index (χ1n) is 18.4. The van der Waals surface area contributed by atoms with Crippen LogP contribution in [0.15, 0.2) is 78.9 Å². The van der Waals surface area contributed by atoms with Crippen molar-refractivity contribution in [1.29, 1.82) is 0 Å². The number of carbonyl (C=O) groups is 1. The van der Waals surface area contributed by atoms with Gasteiger partial charge in [-0.2, -0.15) is 0 Å². The molecular formula is C42H46Cl2FN5O4. The standard InChI is InChI=1S/C42H46Cl2FN5O4/c1-52-37-23-29(24-38(53-2)39(37)54-3)40(51)49-19-6-17-42(27-49,30-11-14-33(43)34(44)25-30)18-22-48-20-15-32(16-21-48)50(26-28-9-12-31(45)13-10-28)41-46-35-7-4-5-8-36(35)47-41/h4-5,7-14,23-25,32H,6,15-22,26-27H2,1-3H3,(H,46,47). The first-order chi connectivity index (χ1) is 26.2. The highest BCUT2D eigenvalue weighted by Gasteiger charge is 2.40. The largest absolute Gasteiger partial charge is 0.493 e. The number of nitrogens with zero attached hydrogens (tertiary/aromatic N) is 4. The third-order valence-corrected chi connectivity index (χ3v) is 11.9. The molecule has 7 rings (SSSR count). The molecule has 0 spiro atoms. The molecule has 5 aromatic rings. The highest BCUT2D eigenvalue weighted by molar-refractivity contribution is 6.42. The minimum absolute atomic E-state index is 0.0916. The maximum Gasteiger partial charge on any atom is 0.254 e. The molecule has 0 saturated carbocycles. The summed E-state index contributed by atoms with van der Waals surface area (Å²) >= 11 is 13.0. The van der Waals surface area contributed by atoms with Crippen molar-refractivity contribution in [2.75, 3.05) is 59.0 Å². The molecule has 0 radical (unpaired) electrons. The zero-order valence-corrected chi connectivity index (χ0v) is 32.4. The molecule has 284 valence electrons. The molecular weight excluding hydrogens is 728 g/mol. The van der Waals surface area contributed by atoms with E-state index in [2.05, 4.69) is 20.9 Å². The summed E-state index contributed by atoms with van der Waals surface area (Å²) in [5, 5.41) is 1.02. The van der Waals surface area contributed by atoms with Crippen LogP contribution in [0.4, 0.5) is 10.3 Å². The van der Waals surface area contributed by atoms with Gasteiger partial charge in [-0.15, -0.1) is 0 Å². The van der Waals surface area contributed by atoms with Crippen LogP contribution >= 0.6 is 23.2 Å². The predicted molar refractivity (Wildman–Crippen MR) is 212 cm³/mol. The molecule has 2 aliphatic rings. The van der Waals surface area contributed by atoms with Gasteiger partial charge in [-0.25, -0.2) is 9.37 Å². The van der Waals surface area contributed by atoms with Crippen LogP contribution in [0.5, 0.6) is 17.2 Å². The van der Waals surface area contributed by atoms with Crippen LogP contribution in [0, 0.1) is 5.82 Å². The zero-order valence-electron chi connectivity index (χ0n) is 30.9. The number of hydrogen-bond acceptors (Lipinski definition) is 7. The molecule has 4 aromatic carbocycles. The number of rotatable bonds is 12. The molecule has 3 heterocycles. The first kappa shape index (κ1) is 37.8. The Balaban J connectivity index is 1.09. The third-order valence-electron chi connectivity index (χ3n) is 11.1. The number of methoxy groups -OCH3 is 3. The molecule has 1 N–H and O–H groups in total. The molecule has 9 nitrogen and oxygen atoms in total. The number of likely N-dealkylation sites (tertiary alicyclic amines) is 2. The molecule has 0 bridgehead atoms. The summed E-state index contributed by atoms with van der Waals surface area (Å²) < 4.78 is 30.4. The van der Waals surface area contributed by atoms with Crippen LogP contribution in [0.1, 0.15) is 53.6 Å². The lowest BCUT2D eigenvalue weighted by Crippen LogP contribution is -2.51. The Labute approximate surface area is 325 Å². The summed E-state index contributed by atoms with van der Waals surface area (Å²) in [6, 6.07) is 24.4. The number of H-pyrrole nitrogens is 1. The van der Waals surface area contributed by atoms with E-state index in [1.54, 1.807) is 33.5 Å². The van der Waals surface area contributed by atoms with Gasteiger partial charge in [-0.3, -0.25) is 4.79 Å². The smallest absolute Gasteiger partial charge is 0.254 e. The number of imidazole rings is 1. The van der Waals surface area contributed by atoms with E-state index in [-0.39, 0.29) is 23.2 Å². The van der Waals surface area contributed by atoms with Crippen molar-refractivity contribution in [2.24, 2.45) is 0 Å². The van der Waals surface area contributed by atoms with Gasteiger partial charge in [0.15, 0.2) is 11.5 Å². The monoisotopic (exact) mass is 773 g/mol. The van der Waals surface area contributed by atoms with E-state index in [0.717, 1.165) is 79.8 Å². The van der Waals surface area contributed by atoms with Gasteiger partial charge < -0.3 is 33.9 Å². The fourth-order valence-corrected chi connectivity index (χ4v) is 8.47. The molecule has 2 fully saturated rings. The third kappa shape index (κ3) is 7.97. The van der Waals surface area contributed by atoms with E-state index >= 15 is 0 Å². The highest BCUT2D eigenvalue weighted by atomic mass is 35.5.